The molecule has 0 radical (unpaired) electrons. The highest BCUT2D eigenvalue weighted by molar-refractivity contribution is 7.96. The van der Waals surface area contributed by atoms with Crippen molar-refractivity contribution in [2.24, 2.45) is 34.5 Å². The summed E-state index contributed by atoms with van der Waals surface area (Å²) in [7, 11) is 0. The van der Waals surface area contributed by atoms with E-state index >= 15 is 0 Å². The van der Waals surface area contributed by atoms with Crippen LogP contribution < -0.4 is 0 Å². The molecule has 0 heterocycles. The monoisotopic (exact) mass is 432 g/mol. The molecule has 2 unspecified atom stereocenters. The fourth-order valence-corrected chi connectivity index (χ4v) is 8.12. The van der Waals surface area contributed by atoms with Crippen LogP contribution in [0.4, 0.5) is 0 Å². The summed E-state index contributed by atoms with van der Waals surface area (Å²) in [4.78, 5) is 37.3. The molecule has 4 aliphatic rings. The van der Waals surface area contributed by atoms with Gasteiger partial charge in [-0.3, -0.25) is 14.4 Å². The van der Waals surface area contributed by atoms with Crippen LogP contribution in [0.2, 0.25) is 0 Å². The molecule has 30 heavy (non-hydrogen) atoms. The highest BCUT2D eigenvalue weighted by Gasteiger charge is 2.71. The first kappa shape index (κ1) is 21.7. The van der Waals surface area contributed by atoms with E-state index in [-0.39, 0.29) is 52.7 Å². The van der Waals surface area contributed by atoms with Gasteiger partial charge in [-0.1, -0.05) is 26.3 Å². The second kappa shape index (κ2) is 6.98. The highest BCUT2D eigenvalue weighted by atomic mass is 32.1. The lowest BCUT2D eigenvalue weighted by molar-refractivity contribution is -0.190. The van der Waals surface area contributed by atoms with Gasteiger partial charge < -0.3 is 9.84 Å². The molecule has 3 saturated carbocycles. The van der Waals surface area contributed by atoms with Gasteiger partial charge in [0.05, 0.1) is 0 Å². The quantitative estimate of drug-likeness (QED) is 0.504. The van der Waals surface area contributed by atoms with Crippen molar-refractivity contribution in [2.45, 2.75) is 71.8 Å². The van der Waals surface area contributed by atoms with E-state index < -0.39 is 16.4 Å². The van der Waals surface area contributed by atoms with Gasteiger partial charge in [0.15, 0.2) is 11.4 Å². The van der Waals surface area contributed by atoms with E-state index in [2.05, 4.69) is 26.5 Å². The van der Waals surface area contributed by atoms with Gasteiger partial charge in [0.2, 0.25) is 5.12 Å². The molecule has 0 saturated heterocycles. The minimum atomic E-state index is -1.21. The Labute approximate surface area is 183 Å². The average Bonchev–Trinajstić information content (AvgIpc) is 2.91. The molecule has 6 heteroatoms. The predicted octanol–water partition coefficient (Wildman–Crippen LogP) is 4.57. The van der Waals surface area contributed by atoms with Crippen molar-refractivity contribution in [1.82, 2.24) is 0 Å². The van der Waals surface area contributed by atoms with E-state index in [1.54, 1.807) is 13.0 Å². The maximum atomic E-state index is 12.9. The van der Waals surface area contributed by atoms with Crippen LogP contribution in [0.3, 0.4) is 0 Å². The number of hydrogen-bond acceptors (Lipinski definition) is 5. The number of thiol groups is 1. The summed E-state index contributed by atoms with van der Waals surface area (Å²) in [6.45, 7) is 7.90. The van der Waals surface area contributed by atoms with Crippen LogP contribution in [-0.2, 0) is 19.1 Å². The first-order valence-corrected chi connectivity index (χ1v) is 11.6. The zero-order valence-corrected chi connectivity index (χ0v) is 19.1. The van der Waals surface area contributed by atoms with Crippen LogP contribution in [0.15, 0.2) is 23.5 Å². The van der Waals surface area contributed by atoms with Gasteiger partial charge in [-0.05, 0) is 62.9 Å². The standard InChI is InChI=1S/C24H32O5S/c1-5-20(27)29-24(21(28)30)13(2)10-18-16-7-6-14-11-15(25)12-19(26)23(14,4)17(16)8-9-22(18,24)3/h11-13,16-18,26H,5-10H2,1-4H3,(H,28,30)/t13?,16-,17+,18+,22+,23+,24?/m1/s1. The van der Waals surface area contributed by atoms with Crippen LogP contribution in [-0.4, -0.2) is 27.6 Å². The Morgan fingerprint density at radius 3 is 2.57 bits per heavy atom. The molecule has 0 aromatic rings. The minimum Gasteiger partial charge on any atom is -0.511 e. The third-order valence-corrected chi connectivity index (χ3v) is 9.47. The third kappa shape index (κ3) is 2.58. The van der Waals surface area contributed by atoms with Gasteiger partial charge in [0, 0.05) is 29.2 Å². The zero-order valence-electron chi connectivity index (χ0n) is 18.2. The van der Waals surface area contributed by atoms with Crippen LogP contribution in [0, 0.1) is 34.5 Å². The minimum absolute atomic E-state index is 0.117. The highest BCUT2D eigenvalue weighted by Crippen LogP contribution is 2.69. The lowest BCUT2D eigenvalue weighted by atomic mass is 9.47. The molecule has 3 fully saturated rings. The summed E-state index contributed by atoms with van der Waals surface area (Å²) in [5, 5.41) is 10.5. The fraction of sp³-hybridized carbons (Fsp3) is 0.708. The molecule has 7 atom stereocenters. The van der Waals surface area contributed by atoms with E-state index in [1.807, 2.05) is 6.92 Å². The number of rotatable bonds is 3. The first-order chi connectivity index (χ1) is 14.0. The Hall–Kier alpha value is -1.56. The maximum absolute atomic E-state index is 12.9. The Balaban J connectivity index is 1.76. The number of esters is 1. The Morgan fingerprint density at radius 2 is 1.93 bits per heavy atom. The van der Waals surface area contributed by atoms with E-state index in [1.165, 1.54) is 6.08 Å². The molecule has 0 bridgehead atoms. The topological polar surface area (TPSA) is 80.7 Å². The molecule has 0 aliphatic heterocycles. The number of aliphatic hydroxyl groups is 1. The van der Waals surface area contributed by atoms with Crippen molar-refractivity contribution in [2.75, 3.05) is 0 Å². The Kier molecular flexibility index (Phi) is 5.04. The molecular weight excluding hydrogens is 400 g/mol. The smallest absolute Gasteiger partial charge is 0.306 e. The van der Waals surface area contributed by atoms with E-state index in [9.17, 15) is 19.5 Å². The summed E-state index contributed by atoms with van der Waals surface area (Å²) in [5.41, 5.74) is -1.20. The van der Waals surface area contributed by atoms with Gasteiger partial charge in [-0.25, -0.2) is 0 Å². The van der Waals surface area contributed by atoms with Crippen LogP contribution in [0.5, 0.6) is 0 Å². The number of ether oxygens (including phenoxy) is 1. The average molecular weight is 433 g/mol. The van der Waals surface area contributed by atoms with Crippen LogP contribution in [0.25, 0.3) is 0 Å². The zero-order chi connectivity index (χ0) is 22.1. The van der Waals surface area contributed by atoms with Crippen molar-refractivity contribution >= 4 is 29.5 Å². The second-order valence-corrected chi connectivity index (χ2v) is 10.6. The number of aliphatic hydroxyl groups excluding tert-OH is 1. The Bertz CT molecular complexity index is 875. The molecular formula is C24H32O5S. The lowest BCUT2D eigenvalue weighted by Crippen LogP contribution is -2.60. The third-order valence-electron chi connectivity index (χ3n) is 9.14. The summed E-state index contributed by atoms with van der Waals surface area (Å²) in [5.74, 6) is 0.222. The van der Waals surface area contributed by atoms with E-state index in [0.29, 0.717) is 0 Å². The number of carbonyl (C=O) groups is 3. The van der Waals surface area contributed by atoms with E-state index in [0.717, 1.165) is 37.7 Å². The van der Waals surface area contributed by atoms with Crippen LogP contribution >= 0.6 is 12.6 Å². The van der Waals surface area contributed by atoms with Gasteiger partial charge in [0.25, 0.3) is 0 Å². The number of carbonyl (C=O) groups excluding carboxylic acids is 3. The number of hydrogen-bond donors (Lipinski definition) is 2. The van der Waals surface area contributed by atoms with Crippen molar-refractivity contribution < 1.29 is 24.2 Å². The van der Waals surface area contributed by atoms with E-state index in [4.69, 9.17) is 4.74 Å². The number of fused-ring (bicyclic) bond motifs is 5. The van der Waals surface area contributed by atoms with Gasteiger partial charge >= 0.3 is 5.97 Å². The molecule has 4 rings (SSSR count). The predicted molar refractivity (Wildman–Crippen MR) is 116 cm³/mol. The van der Waals surface area contributed by atoms with Gasteiger partial charge in [-0.2, -0.15) is 0 Å². The maximum Gasteiger partial charge on any atom is 0.306 e. The molecule has 5 nitrogen and oxygen atoms in total. The molecule has 4 aliphatic carbocycles. The molecule has 0 aromatic carbocycles. The SMILES string of the molecule is CCC(=O)OC1(C(=O)S)C(C)C[C@H]2[C@@H]3CCC4=CC(=O)C=C(O)[C@]4(C)[C@H]3CC[C@@]21C. The van der Waals surface area contributed by atoms with Crippen molar-refractivity contribution in [3.8, 4) is 0 Å². The lowest BCUT2D eigenvalue weighted by Gasteiger charge is -2.58. The summed E-state index contributed by atoms with van der Waals surface area (Å²) in [6.07, 6.45) is 7.28. The Morgan fingerprint density at radius 1 is 1.23 bits per heavy atom. The summed E-state index contributed by atoms with van der Waals surface area (Å²) < 4.78 is 5.96. The van der Waals surface area contributed by atoms with Crippen molar-refractivity contribution in [1.29, 1.82) is 0 Å². The number of ketones is 1. The summed E-state index contributed by atoms with van der Waals surface area (Å²) >= 11 is 4.24. The summed E-state index contributed by atoms with van der Waals surface area (Å²) in [6, 6.07) is 0. The molecule has 0 spiro atoms. The van der Waals surface area contributed by atoms with Gasteiger partial charge in [-0.15, -0.1) is 12.6 Å². The van der Waals surface area contributed by atoms with Crippen molar-refractivity contribution in [3.63, 3.8) is 0 Å². The number of allylic oxidation sites excluding steroid dienone is 3. The largest absolute Gasteiger partial charge is 0.511 e. The molecule has 0 aromatic heterocycles. The molecule has 0 amide bonds. The first-order valence-electron chi connectivity index (χ1n) is 11.1. The molecule has 164 valence electrons. The molecule has 1 N–H and O–H groups in total. The van der Waals surface area contributed by atoms with Crippen LogP contribution in [0.1, 0.15) is 66.2 Å². The second-order valence-electron chi connectivity index (χ2n) is 10.2. The fourth-order valence-electron chi connectivity index (χ4n) is 7.59. The normalized spacial score (nSPS) is 44.9. The van der Waals surface area contributed by atoms with Crippen molar-refractivity contribution in [3.05, 3.63) is 23.5 Å². The van der Waals surface area contributed by atoms with Gasteiger partial charge in [0.1, 0.15) is 5.76 Å².